The molecule has 1 aliphatic rings. The van der Waals surface area contributed by atoms with Crippen LogP contribution >= 0.6 is 0 Å². The number of carbonyl (C=O) groups is 1. The first-order valence-corrected chi connectivity index (χ1v) is 10.6. The SMILES string of the molecule is Cc1cc(NC(=O)c2cccc(S(=O)(=O)N3CCC(CO)C(O)C3)c2)ccc1F. The van der Waals surface area contributed by atoms with Crippen molar-refractivity contribution in [2.75, 3.05) is 25.0 Å². The van der Waals surface area contributed by atoms with E-state index in [1.807, 2.05) is 0 Å². The molecule has 1 heterocycles. The van der Waals surface area contributed by atoms with Gasteiger partial charge in [-0.1, -0.05) is 6.07 Å². The number of sulfonamides is 1. The molecule has 29 heavy (non-hydrogen) atoms. The molecule has 3 rings (SSSR count). The van der Waals surface area contributed by atoms with Crippen molar-refractivity contribution >= 4 is 21.6 Å². The van der Waals surface area contributed by atoms with E-state index >= 15 is 0 Å². The van der Waals surface area contributed by atoms with E-state index in [0.717, 1.165) is 4.31 Å². The molecule has 1 amide bonds. The Morgan fingerprint density at radius 3 is 2.69 bits per heavy atom. The molecule has 0 aromatic heterocycles. The topological polar surface area (TPSA) is 107 Å². The number of β-amino-alcohol motifs (C(OH)–C–C–N with tert-alkyl or cyclic N) is 1. The number of benzene rings is 2. The Labute approximate surface area is 168 Å². The fourth-order valence-corrected chi connectivity index (χ4v) is 4.77. The molecule has 0 saturated carbocycles. The number of nitrogens with one attached hydrogen (secondary N) is 1. The lowest BCUT2D eigenvalue weighted by molar-refractivity contribution is 0.0222. The van der Waals surface area contributed by atoms with Gasteiger partial charge in [0.05, 0.1) is 11.0 Å². The first-order chi connectivity index (χ1) is 13.7. The van der Waals surface area contributed by atoms with Crippen molar-refractivity contribution in [3.05, 3.63) is 59.4 Å². The van der Waals surface area contributed by atoms with Crippen LogP contribution < -0.4 is 5.32 Å². The number of halogens is 1. The van der Waals surface area contributed by atoms with E-state index in [1.54, 1.807) is 6.92 Å². The number of aliphatic hydroxyl groups is 2. The van der Waals surface area contributed by atoms with Gasteiger partial charge in [0.25, 0.3) is 5.91 Å². The Hall–Kier alpha value is -2.33. The molecular weight excluding hydrogens is 399 g/mol. The van der Waals surface area contributed by atoms with Gasteiger partial charge in [-0.3, -0.25) is 4.79 Å². The summed E-state index contributed by atoms with van der Waals surface area (Å²) >= 11 is 0. The predicted octanol–water partition coefficient (Wildman–Crippen LogP) is 1.75. The summed E-state index contributed by atoms with van der Waals surface area (Å²) < 4.78 is 40.4. The molecule has 0 radical (unpaired) electrons. The molecule has 0 spiro atoms. The van der Waals surface area contributed by atoms with Crippen molar-refractivity contribution in [2.24, 2.45) is 5.92 Å². The first kappa shape index (κ1) is 21.4. The average Bonchev–Trinajstić information content (AvgIpc) is 2.70. The predicted molar refractivity (Wildman–Crippen MR) is 105 cm³/mol. The van der Waals surface area contributed by atoms with Crippen molar-refractivity contribution in [1.29, 1.82) is 0 Å². The minimum Gasteiger partial charge on any atom is -0.396 e. The number of aliphatic hydroxyl groups excluding tert-OH is 2. The number of rotatable bonds is 5. The molecule has 1 fully saturated rings. The van der Waals surface area contributed by atoms with Crippen molar-refractivity contribution in [2.45, 2.75) is 24.3 Å². The molecule has 2 unspecified atom stereocenters. The van der Waals surface area contributed by atoms with E-state index in [4.69, 9.17) is 0 Å². The summed E-state index contributed by atoms with van der Waals surface area (Å²) in [5, 5.41) is 21.9. The van der Waals surface area contributed by atoms with Crippen LogP contribution in [0.5, 0.6) is 0 Å². The highest BCUT2D eigenvalue weighted by atomic mass is 32.2. The normalized spacial score (nSPS) is 20.4. The second kappa shape index (κ2) is 8.58. The van der Waals surface area contributed by atoms with Crippen molar-refractivity contribution in [3.63, 3.8) is 0 Å². The van der Waals surface area contributed by atoms with Crippen LogP contribution in [0.4, 0.5) is 10.1 Å². The van der Waals surface area contributed by atoms with Crippen molar-refractivity contribution in [1.82, 2.24) is 4.31 Å². The minimum absolute atomic E-state index is 0.0601. The largest absolute Gasteiger partial charge is 0.396 e. The molecule has 7 nitrogen and oxygen atoms in total. The number of nitrogens with zero attached hydrogens (tertiary/aromatic N) is 1. The maximum Gasteiger partial charge on any atom is 0.255 e. The van der Waals surface area contributed by atoms with Gasteiger partial charge in [-0.2, -0.15) is 4.31 Å². The zero-order valence-electron chi connectivity index (χ0n) is 15.9. The van der Waals surface area contributed by atoms with Crippen LogP contribution in [-0.4, -0.2) is 54.6 Å². The maximum atomic E-state index is 13.4. The summed E-state index contributed by atoms with van der Waals surface area (Å²) in [5.41, 5.74) is 0.916. The second-order valence-electron chi connectivity index (χ2n) is 7.11. The van der Waals surface area contributed by atoms with Crippen molar-refractivity contribution < 1.29 is 27.8 Å². The standard InChI is InChI=1S/C20H23FN2O5S/c1-13-9-16(5-6-18(13)21)22-20(26)14-3-2-4-17(10-14)29(27,28)23-8-7-15(12-24)19(25)11-23/h2-6,9-10,15,19,24-25H,7-8,11-12H2,1H3,(H,22,26). The Bertz CT molecular complexity index is 1010. The zero-order chi connectivity index (χ0) is 21.2. The van der Waals surface area contributed by atoms with Gasteiger partial charge in [-0.15, -0.1) is 0 Å². The number of aryl methyl sites for hydroxylation is 1. The van der Waals surface area contributed by atoms with Crippen LogP contribution in [0.15, 0.2) is 47.4 Å². The summed E-state index contributed by atoms with van der Waals surface area (Å²) in [6, 6.07) is 9.76. The monoisotopic (exact) mass is 422 g/mol. The van der Waals surface area contributed by atoms with Crippen molar-refractivity contribution in [3.8, 4) is 0 Å². The van der Waals surface area contributed by atoms with Gasteiger partial charge in [-0.05, 0) is 55.3 Å². The Morgan fingerprint density at radius 2 is 2.03 bits per heavy atom. The fourth-order valence-electron chi connectivity index (χ4n) is 3.26. The van der Waals surface area contributed by atoms with Gasteiger partial charge in [0.15, 0.2) is 0 Å². The molecule has 2 aromatic carbocycles. The summed E-state index contributed by atoms with van der Waals surface area (Å²) in [7, 11) is -3.91. The van der Waals surface area contributed by atoms with E-state index in [1.165, 1.54) is 42.5 Å². The molecule has 3 N–H and O–H groups in total. The molecule has 0 bridgehead atoms. The lowest BCUT2D eigenvalue weighted by Gasteiger charge is -2.34. The number of amides is 1. The molecule has 0 aliphatic carbocycles. The Balaban J connectivity index is 1.79. The quantitative estimate of drug-likeness (QED) is 0.681. The molecule has 1 saturated heterocycles. The van der Waals surface area contributed by atoms with Crippen LogP contribution in [0.1, 0.15) is 22.3 Å². The van der Waals surface area contributed by atoms with Gasteiger partial charge < -0.3 is 15.5 Å². The minimum atomic E-state index is -3.91. The molecule has 2 atom stereocenters. The highest BCUT2D eigenvalue weighted by molar-refractivity contribution is 7.89. The number of hydrogen-bond acceptors (Lipinski definition) is 5. The summed E-state index contributed by atoms with van der Waals surface area (Å²) in [5.74, 6) is -1.26. The summed E-state index contributed by atoms with van der Waals surface area (Å²) in [6.07, 6.45) is -0.599. The molecule has 156 valence electrons. The van der Waals surface area contributed by atoms with Gasteiger partial charge >= 0.3 is 0 Å². The first-order valence-electron chi connectivity index (χ1n) is 9.19. The maximum absolute atomic E-state index is 13.4. The van der Waals surface area contributed by atoms with Crippen LogP contribution in [0.2, 0.25) is 0 Å². The van der Waals surface area contributed by atoms with Gasteiger partial charge in [0.1, 0.15) is 5.82 Å². The third-order valence-corrected chi connectivity index (χ3v) is 6.93. The number of carbonyl (C=O) groups excluding carboxylic acids is 1. The molecular formula is C20H23FN2O5S. The Morgan fingerprint density at radius 1 is 1.28 bits per heavy atom. The summed E-state index contributed by atoms with van der Waals surface area (Å²) in [6.45, 7) is 1.44. The van der Waals surface area contributed by atoms with E-state index < -0.39 is 22.0 Å². The van der Waals surface area contributed by atoms with Crippen LogP contribution in [0.25, 0.3) is 0 Å². The third-order valence-electron chi connectivity index (χ3n) is 5.07. The van der Waals surface area contributed by atoms with E-state index in [9.17, 15) is 27.8 Å². The van der Waals surface area contributed by atoms with Gasteiger partial charge in [-0.25, -0.2) is 12.8 Å². The second-order valence-corrected chi connectivity index (χ2v) is 9.05. The Kier molecular flexibility index (Phi) is 6.33. The lowest BCUT2D eigenvalue weighted by atomic mass is 9.96. The van der Waals surface area contributed by atoms with Crippen LogP contribution in [0, 0.1) is 18.7 Å². The third kappa shape index (κ3) is 4.64. The highest BCUT2D eigenvalue weighted by Gasteiger charge is 2.34. The number of piperidine rings is 1. The molecule has 2 aromatic rings. The van der Waals surface area contributed by atoms with Gasteiger partial charge in [0.2, 0.25) is 10.0 Å². The van der Waals surface area contributed by atoms with E-state index in [2.05, 4.69) is 5.32 Å². The van der Waals surface area contributed by atoms with Crippen LogP contribution in [0.3, 0.4) is 0 Å². The number of hydrogen-bond donors (Lipinski definition) is 3. The average molecular weight is 422 g/mol. The highest BCUT2D eigenvalue weighted by Crippen LogP contribution is 2.25. The zero-order valence-corrected chi connectivity index (χ0v) is 16.7. The van der Waals surface area contributed by atoms with E-state index in [0.29, 0.717) is 17.7 Å². The number of anilines is 1. The van der Waals surface area contributed by atoms with Crippen LogP contribution in [-0.2, 0) is 10.0 Å². The lowest BCUT2D eigenvalue weighted by Crippen LogP contribution is -2.47. The molecule has 9 heteroatoms. The smallest absolute Gasteiger partial charge is 0.255 e. The van der Waals surface area contributed by atoms with Gasteiger partial charge in [0, 0.05) is 36.9 Å². The molecule has 1 aliphatic heterocycles. The van der Waals surface area contributed by atoms with E-state index in [-0.39, 0.29) is 41.9 Å². The fraction of sp³-hybridized carbons (Fsp3) is 0.350. The summed E-state index contributed by atoms with van der Waals surface area (Å²) in [4.78, 5) is 12.5.